The first-order chi connectivity index (χ1) is 45.5. The molecule has 18 rings (SSSR count). The number of fused-ring (bicyclic) bond motifs is 12. The normalized spacial score (nSPS) is 11.7. The molecule has 5 heterocycles. The summed E-state index contributed by atoms with van der Waals surface area (Å²) < 4.78 is 9.42. The number of aromatic nitrogens is 5. The molecule has 0 aliphatic heterocycles. The van der Waals surface area contributed by atoms with Crippen molar-refractivity contribution in [2.45, 2.75) is 0 Å². The molecule has 92 heavy (non-hydrogen) atoms. The molecular weight excluding hydrogens is 1120 g/mol. The Morgan fingerprint density at radius 3 is 0.793 bits per heavy atom. The lowest BCUT2D eigenvalue weighted by Crippen LogP contribution is -1.96. The van der Waals surface area contributed by atoms with Crippen molar-refractivity contribution in [1.29, 1.82) is 10.5 Å². The monoisotopic (exact) mass is 1170 g/mol. The molecule has 0 radical (unpaired) electrons. The average molecular weight is 1170 g/mol. The average Bonchev–Trinajstić information content (AvgIpc) is 1.64. The molecule has 0 amide bonds. The van der Waals surface area contributed by atoms with Crippen molar-refractivity contribution in [3.05, 3.63) is 321 Å². The zero-order valence-electron chi connectivity index (χ0n) is 49.6. The van der Waals surface area contributed by atoms with E-state index in [0.29, 0.717) is 11.1 Å². The van der Waals surface area contributed by atoms with Crippen LogP contribution >= 0.6 is 0 Å². The van der Waals surface area contributed by atoms with Gasteiger partial charge in [-0.3, -0.25) is 0 Å². The second-order valence-corrected chi connectivity index (χ2v) is 23.7. The zero-order valence-corrected chi connectivity index (χ0v) is 49.6. The molecular formula is C85H51N7. The largest absolute Gasteiger partial charge is 0.309 e. The highest BCUT2D eigenvalue weighted by Crippen LogP contribution is 2.41. The molecule has 0 fully saturated rings. The number of benzene rings is 13. The second-order valence-electron chi connectivity index (χ2n) is 23.7. The molecule has 0 aliphatic carbocycles. The summed E-state index contributed by atoms with van der Waals surface area (Å²) in [5.74, 6) is 0. The quantitative estimate of drug-likeness (QED) is 0.144. The fourth-order valence-corrected chi connectivity index (χ4v) is 14.3. The van der Waals surface area contributed by atoms with Gasteiger partial charge in [-0.25, -0.2) is 4.98 Å². The lowest BCUT2D eigenvalue weighted by atomic mass is 9.97. The molecule has 0 aliphatic rings. The highest BCUT2D eigenvalue weighted by Gasteiger charge is 2.20. The highest BCUT2D eigenvalue weighted by atomic mass is 15.0. The molecule has 0 N–H and O–H groups in total. The fraction of sp³-hybridized carbons (Fsp3) is 0. The topological polar surface area (TPSA) is 80.2 Å². The molecule has 18 aromatic rings. The second kappa shape index (κ2) is 20.9. The number of pyridine rings is 1. The van der Waals surface area contributed by atoms with E-state index in [1.165, 1.54) is 65.2 Å². The molecule has 7 nitrogen and oxygen atoms in total. The van der Waals surface area contributed by atoms with E-state index >= 15 is 0 Å². The van der Waals surface area contributed by atoms with Crippen molar-refractivity contribution < 1.29 is 0 Å². The summed E-state index contributed by atoms with van der Waals surface area (Å²) in [4.78, 5) is 5.40. The molecule has 426 valence electrons. The van der Waals surface area contributed by atoms with Crippen LogP contribution in [0.3, 0.4) is 0 Å². The van der Waals surface area contributed by atoms with Crippen molar-refractivity contribution in [3.63, 3.8) is 0 Å². The first kappa shape index (κ1) is 52.3. The van der Waals surface area contributed by atoms with E-state index in [4.69, 9.17) is 4.98 Å². The van der Waals surface area contributed by atoms with E-state index in [9.17, 15) is 10.5 Å². The summed E-state index contributed by atoms with van der Waals surface area (Å²) in [7, 11) is 0. The Bertz CT molecular complexity index is 5680. The minimum atomic E-state index is 0.331. The van der Waals surface area contributed by atoms with Crippen LogP contribution in [0.5, 0.6) is 0 Å². The number of nitriles is 2. The highest BCUT2D eigenvalue weighted by molar-refractivity contribution is 6.13. The molecule has 7 heteroatoms. The van der Waals surface area contributed by atoms with Crippen LogP contribution in [0.25, 0.3) is 166 Å². The van der Waals surface area contributed by atoms with Crippen molar-refractivity contribution in [2.75, 3.05) is 0 Å². The number of nitrogens with zero attached hydrogens (tertiary/aromatic N) is 7. The Kier molecular flexibility index (Phi) is 11.9. The van der Waals surface area contributed by atoms with Crippen molar-refractivity contribution in [2.24, 2.45) is 0 Å². The number of hydrogen-bond donors (Lipinski definition) is 0. The Hall–Kier alpha value is -12.8. The minimum absolute atomic E-state index is 0.331. The standard InChI is InChI=1S/C85H51N7/c86-52-61-26-25-58(47-63(61)53-87)62-50-76(56-31-41-66(42-32-56)91-82-23-11-5-17-72(82)74-48-59(35-45-84(74)91)54-27-37-64(38-28-54)89-78-19-7-1-13-68(78)69-14-2-8-20-79(69)89)88-77(51-62)57-33-43-67(44-34-57)92-83-24-12-6-18-73(83)75-49-60(36-46-85(75)92)55-29-39-65(40-30-55)90-80-21-9-3-15-70(80)71-16-4-10-22-81(71)90/h1-51H. The molecule has 0 atom stereocenters. The Balaban J connectivity index is 0.677. The maximum Gasteiger partial charge on any atom is 0.101 e. The molecule has 0 saturated carbocycles. The maximum atomic E-state index is 10.2. The Labute approximate surface area is 529 Å². The van der Waals surface area contributed by atoms with Crippen molar-refractivity contribution >= 4 is 87.2 Å². The van der Waals surface area contributed by atoms with Crippen LogP contribution in [0.15, 0.2) is 309 Å². The van der Waals surface area contributed by atoms with Gasteiger partial charge in [0.15, 0.2) is 0 Å². The van der Waals surface area contributed by atoms with Crippen LogP contribution in [-0.4, -0.2) is 23.3 Å². The van der Waals surface area contributed by atoms with Gasteiger partial charge in [0.2, 0.25) is 0 Å². The van der Waals surface area contributed by atoms with Crippen LogP contribution in [0.4, 0.5) is 0 Å². The smallest absolute Gasteiger partial charge is 0.101 e. The lowest BCUT2D eigenvalue weighted by Gasteiger charge is -2.13. The van der Waals surface area contributed by atoms with Crippen molar-refractivity contribution in [3.8, 4) is 90.8 Å². The van der Waals surface area contributed by atoms with Gasteiger partial charge in [-0.15, -0.1) is 0 Å². The molecule has 0 bridgehead atoms. The van der Waals surface area contributed by atoms with E-state index in [1.807, 2.05) is 6.07 Å². The predicted octanol–water partition coefficient (Wildman–Crippen LogP) is 21.5. The van der Waals surface area contributed by atoms with E-state index in [2.05, 4.69) is 322 Å². The van der Waals surface area contributed by atoms with Gasteiger partial charge in [0.05, 0.1) is 66.6 Å². The number of hydrogen-bond acceptors (Lipinski definition) is 3. The van der Waals surface area contributed by atoms with Crippen LogP contribution in [-0.2, 0) is 0 Å². The summed E-state index contributed by atoms with van der Waals surface area (Å²) in [6.45, 7) is 0. The molecule has 0 spiro atoms. The maximum absolute atomic E-state index is 10.2. The van der Waals surface area contributed by atoms with Gasteiger partial charge in [-0.05, 0) is 167 Å². The van der Waals surface area contributed by atoms with Crippen LogP contribution < -0.4 is 0 Å². The van der Waals surface area contributed by atoms with Gasteiger partial charge in [-0.1, -0.05) is 176 Å². The number of para-hydroxylation sites is 6. The van der Waals surface area contributed by atoms with Crippen LogP contribution in [0, 0.1) is 22.7 Å². The fourth-order valence-electron chi connectivity index (χ4n) is 14.3. The molecule has 0 saturated heterocycles. The first-order valence-corrected chi connectivity index (χ1v) is 30.9. The summed E-state index contributed by atoms with van der Waals surface area (Å²) in [5, 5.41) is 29.8. The molecule has 13 aromatic carbocycles. The predicted molar refractivity (Wildman–Crippen MR) is 378 cm³/mol. The van der Waals surface area contributed by atoms with Gasteiger partial charge >= 0.3 is 0 Å². The third kappa shape index (κ3) is 8.31. The Morgan fingerprint density at radius 1 is 0.207 bits per heavy atom. The zero-order chi connectivity index (χ0) is 61.0. The van der Waals surface area contributed by atoms with Crippen LogP contribution in [0.2, 0.25) is 0 Å². The SMILES string of the molecule is N#Cc1ccc(-c2cc(-c3ccc(-n4c5ccccc5c5cc(-c6ccc(-n7c8ccccc8c8ccccc87)cc6)ccc54)cc3)nc(-c3ccc(-n4c5ccccc5c5cc(-c6ccc(-n7c8ccccc8c8ccccc87)cc6)ccc54)cc3)c2)cc1C#N. The third-order valence-electron chi connectivity index (χ3n) is 18.7. The lowest BCUT2D eigenvalue weighted by molar-refractivity contribution is 1.18. The van der Waals surface area contributed by atoms with Gasteiger partial charge in [0.1, 0.15) is 12.1 Å². The van der Waals surface area contributed by atoms with Gasteiger partial charge in [0, 0.05) is 77.0 Å². The van der Waals surface area contributed by atoms with Crippen LogP contribution in [0.1, 0.15) is 11.1 Å². The van der Waals surface area contributed by atoms with Gasteiger partial charge in [-0.2, -0.15) is 10.5 Å². The summed E-state index contributed by atoms with van der Waals surface area (Å²) in [5.41, 5.74) is 24.0. The van der Waals surface area contributed by atoms with Crippen molar-refractivity contribution in [1.82, 2.24) is 23.3 Å². The van der Waals surface area contributed by atoms with E-state index in [-0.39, 0.29) is 0 Å². The summed E-state index contributed by atoms with van der Waals surface area (Å²) >= 11 is 0. The van der Waals surface area contributed by atoms with Gasteiger partial charge in [0.25, 0.3) is 0 Å². The third-order valence-corrected chi connectivity index (χ3v) is 18.7. The molecule has 5 aromatic heterocycles. The van der Waals surface area contributed by atoms with E-state index in [1.54, 1.807) is 12.1 Å². The van der Waals surface area contributed by atoms with E-state index in [0.717, 1.165) is 101 Å². The summed E-state index contributed by atoms with van der Waals surface area (Å²) in [6.07, 6.45) is 0. The minimum Gasteiger partial charge on any atom is -0.309 e. The summed E-state index contributed by atoms with van der Waals surface area (Å²) in [6, 6.07) is 115. The number of rotatable bonds is 9. The molecule has 0 unspecified atom stereocenters. The first-order valence-electron chi connectivity index (χ1n) is 30.9. The Morgan fingerprint density at radius 2 is 0.467 bits per heavy atom. The van der Waals surface area contributed by atoms with E-state index < -0.39 is 0 Å². The van der Waals surface area contributed by atoms with Gasteiger partial charge < -0.3 is 18.3 Å².